The van der Waals surface area contributed by atoms with Gasteiger partial charge in [-0.1, -0.05) is 24.3 Å². The summed E-state index contributed by atoms with van der Waals surface area (Å²) in [4.78, 5) is 22.0. The Balaban J connectivity index is 1.80. The molecule has 0 saturated heterocycles. The van der Waals surface area contributed by atoms with Gasteiger partial charge in [0, 0.05) is 26.8 Å². The molecular weight excluding hydrogens is 396 g/mol. The second kappa shape index (κ2) is 8.17. The molecule has 146 valence electrons. The molecular formula is C19H20N4O3S2. The lowest BCUT2D eigenvalue weighted by Crippen LogP contribution is -2.27. The number of hydrogen-bond donors (Lipinski definition) is 1. The van der Waals surface area contributed by atoms with Crippen LogP contribution in [0, 0.1) is 6.92 Å². The minimum absolute atomic E-state index is 0.0956. The average Bonchev–Trinajstić information content (AvgIpc) is 3.08. The molecule has 3 aromatic rings. The third kappa shape index (κ3) is 4.11. The number of aryl methyl sites for hydroxylation is 1. The van der Waals surface area contributed by atoms with Crippen LogP contribution in [0.25, 0.3) is 10.7 Å². The second-order valence-electron chi connectivity index (χ2n) is 6.23. The quantitative estimate of drug-likeness (QED) is 0.667. The minimum atomic E-state index is -3.60. The van der Waals surface area contributed by atoms with Crippen molar-refractivity contribution in [3.8, 4) is 10.7 Å². The number of amides is 1. The zero-order valence-corrected chi connectivity index (χ0v) is 17.3. The molecule has 9 heteroatoms. The van der Waals surface area contributed by atoms with Crippen molar-refractivity contribution in [1.29, 1.82) is 0 Å². The highest BCUT2D eigenvalue weighted by molar-refractivity contribution is 7.89. The van der Waals surface area contributed by atoms with E-state index in [-0.39, 0.29) is 17.3 Å². The topological polar surface area (TPSA) is 92.3 Å². The number of sulfonamides is 1. The summed E-state index contributed by atoms with van der Waals surface area (Å²) in [6.07, 6.45) is 1.67. The van der Waals surface area contributed by atoms with Crippen LogP contribution in [0.1, 0.15) is 20.9 Å². The van der Waals surface area contributed by atoms with E-state index in [1.807, 2.05) is 18.2 Å². The van der Waals surface area contributed by atoms with Crippen LogP contribution in [-0.4, -0.2) is 42.7 Å². The number of hydrogen-bond acceptors (Lipinski definition) is 6. The molecule has 0 saturated carbocycles. The Kier molecular flexibility index (Phi) is 5.87. The summed E-state index contributed by atoms with van der Waals surface area (Å²) in [5, 5.41) is 3.47. The number of thiazole rings is 1. The number of carbonyl (C=O) groups excluding carboxylic acids is 1. The summed E-state index contributed by atoms with van der Waals surface area (Å²) in [5.41, 5.74) is 1.84. The first-order valence-electron chi connectivity index (χ1n) is 8.48. The van der Waals surface area contributed by atoms with Crippen LogP contribution in [0.2, 0.25) is 0 Å². The highest BCUT2D eigenvalue weighted by atomic mass is 32.2. The maximum atomic E-state index is 12.7. The van der Waals surface area contributed by atoms with Crippen LogP contribution in [0.5, 0.6) is 0 Å². The van der Waals surface area contributed by atoms with Gasteiger partial charge in [0.1, 0.15) is 9.88 Å². The highest BCUT2D eigenvalue weighted by Gasteiger charge is 2.22. The summed E-state index contributed by atoms with van der Waals surface area (Å²) >= 11 is 1.26. The van der Waals surface area contributed by atoms with Gasteiger partial charge >= 0.3 is 0 Å². The van der Waals surface area contributed by atoms with Crippen LogP contribution in [0.15, 0.2) is 53.6 Å². The van der Waals surface area contributed by atoms with E-state index >= 15 is 0 Å². The first-order valence-corrected chi connectivity index (χ1v) is 10.7. The van der Waals surface area contributed by atoms with E-state index in [0.29, 0.717) is 26.8 Å². The van der Waals surface area contributed by atoms with Crippen molar-refractivity contribution >= 4 is 27.3 Å². The van der Waals surface area contributed by atoms with Gasteiger partial charge in [-0.05, 0) is 30.7 Å². The Labute approximate surface area is 168 Å². The Morgan fingerprint density at radius 2 is 1.86 bits per heavy atom. The summed E-state index contributed by atoms with van der Waals surface area (Å²) in [6, 6.07) is 12.1. The van der Waals surface area contributed by atoms with E-state index in [0.717, 1.165) is 4.31 Å². The monoisotopic (exact) mass is 416 g/mol. The van der Waals surface area contributed by atoms with E-state index in [9.17, 15) is 13.2 Å². The summed E-state index contributed by atoms with van der Waals surface area (Å²) in [6.45, 7) is 1.86. The molecule has 0 aliphatic heterocycles. The molecule has 28 heavy (non-hydrogen) atoms. The molecule has 1 N–H and O–H groups in total. The molecule has 0 radical (unpaired) electrons. The van der Waals surface area contributed by atoms with Gasteiger partial charge in [-0.3, -0.25) is 9.78 Å². The largest absolute Gasteiger partial charge is 0.347 e. The minimum Gasteiger partial charge on any atom is -0.347 e. The fourth-order valence-corrected chi connectivity index (χ4v) is 4.63. The number of rotatable bonds is 6. The van der Waals surface area contributed by atoms with Crippen molar-refractivity contribution in [3.63, 3.8) is 0 Å². The standard InChI is InChI=1S/C19H20N4O3S2/c1-13-17(27-19(22-13)15-9-6-7-11-20-15)18(24)21-12-14-8-4-5-10-16(14)28(25,26)23(2)3/h4-11H,12H2,1-3H3,(H,21,24). The van der Waals surface area contributed by atoms with Gasteiger partial charge in [0.25, 0.3) is 5.91 Å². The Bertz CT molecular complexity index is 1090. The van der Waals surface area contributed by atoms with E-state index in [1.165, 1.54) is 31.5 Å². The van der Waals surface area contributed by atoms with Gasteiger partial charge in [0.15, 0.2) is 0 Å². The zero-order chi connectivity index (χ0) is 20.3. The van der Waals surface area contributed by atoms with Crippen LogP contribution in [0.3, 0.4) is 0 Å². The first kappa shape index (κ1) is 20.1. The lowest BCUT2D eigenvalue weighted by Gasteiger charge is -2.15. The highest BCUT2D eigenvalue weighted by Crippen LogP contribution is 2.26. The Hall–Kier alpha value is -2.62. The summed E-state index contributed by atoms with van der Waals surface area (Å²) in [7, 11) is -0.643. The van der Waals surface area contributed by atoms with Gasteiger partial charge in [0.05, 0.1) is 16.3 Å². The fourth-order valence-electron chi connectivity index (χ4n) is 2.56. The smallest absolute Gasteiger partial charge is 0.263 e. The van der Waals surface area contributed by atoms with Crippen LogP contribution >= 0.6 is 11.3 Å². The van der Waals surface area contributed by atoms with Crippen molar-refractivity contribution in [3.05, 3.63) is 64.8 Å². The van der Waals surface area contributed by atoms with Crippen molar-refractivity contribution < 1.29 is 13.2 Å². The SMILES string of the molecule is Cc1nc(-c2ccccn2)sc1C(=O)NCc1ccccc1S(=O)(=O)N(C)C. The van der Waals surface area contributed by atoms with Gasteiger partial charge in [-0.15, -0.1) is 11.3 Å². The Morgan fingerprint density at radius 3 is 2.54 bits per heavy atom. The van der Waals surface area contributed by atoms with Gasteiger partial charge in [-0.2, -0.15) is 0 Å². The van der Waals surface area contributed by atoms with Crippen LogP contribution in [0.4, 0.5) is 0 Å². The van der Waals surface area contributed by atoms with E-state index in [2.05, 4.69) is 15.3 Å². The number of nitrogens with zero attached hydrogens (tertiary/aromatic N) is 3. The molecule has 1 amide bonds. The zero-order valence-electron chi connectivity index (χ0n) is 15.7. The normalized spacial score (nSPS) is 11.6. The molecule has 2 heterocycles. The van der Waals surface area contributed by atoms with Crippen LogP contribution < -0.4 is 5.32 Å². The number of benzene rings is 1. The maximum absolute atomic E-state index is 12.7. The van der Waals surface area contributed by atoms with Gasteiger partial charge in [0.2, 0.25) is 10.0 Å². The van der Waals surface area contributed by atoms with E-state index in [4.69, 9.17) is 0 Å². The fraction of sp³-hybridized carbons (Fsp3) is 0.211. The number of pyridine rings is 1. The predicted molar refractivity (Wildman–Crippen MR) is 109 cm³/mol. The third-order valence-electron chi connectivity index (χ3n) is 4.06. The van der Waals surface area contributed by atoms with Crippen molar-refractivity contribution in [2.45, 2.75) is 18.4 Å². The third-order valence-corrected chi connectivity index (χ3v) is 7.15. The number of nitrogens with one attached hydrogen (secondary N) is 1. The molecule has 0 fully saturated rings. The molecule has 0 atom stereocenters. The van der Waals surface area contributed by atoms with E-state index < -0.39 is 10.0 Å². The molecule has 0 aliphatic carbocycles. The maximum Gasteiger partial charge on any atom is 0.263 e. The molecule has 0 spiro atoms. The molecule has 2 aromatic heterocycles. The first-order chi connectivity index (χ1) is 13.3. The van der Waals surface area contributed by atoms with Crippen molar-refractivity contribution in [2.75, 3.05) is 14.1 Å². The van der Waals surface area contributed by atoms with Gasteiger partial charge < -0.3 is 5.32 Å². The molecule has 3 rings (SSSR count). The Morgan fingerprint density at radius 1 is 1.14 bits per heavy atom. The number of aromatic nitrogens is 2. The van der Waals surface area contributed by atoms with Crippen LogP contribution in [-0.2, 0) is 16.6 Å². The molecule has 0 aliphatic rings. The summed E-state index contributed by atoms with van der Waals surface area (Å²) < 4.78 is 26.1. The van der Waals surface area contributed by atoms with E-state index in [1.54, 1.807) is 31.3 Å². The average molecular weight is 417 g/mol. The van der Waals surface area contributed by atoms with Crippen molar-refractivity contribution in [1.82, 2.24) is 19.6 Å². The molecule has 0 unspecified atom stereocenters. The lowest BCUT2D eigenvalue weighted by atomic mass is 10.2. The second-order valence-corrected chi connectivity index (χ2v) is 9.35. The van der Waals surface area contributed by atoms with Crippen molar-refractivity contribution in [2.24, 2.45) is 0 Å². The predicted octanol–water partition coefficient (Wildman–Crippen LogP) is 2.69. The summed E-state index contributed by atoms with van der Waals surface area (Å²) in [5.74, 6) is -0.297. The molecule has 7 nitrogen and oxygen atoms in total. The lowest BCUT2D eigenvalue weighted by molar-refractivity contribution is 0.0954. The number of carbonyl (C=O) groups is 1. The molecule has 0 bridgehead atoms. The van der Waals surface area contributed by atoms with Gasteiger partial charge in [-0.25, -0.2) is 17.7 Å². The molecule has 1 aromatic carbocycles.